The number of piperazine rings is 1. The Bertz CT molecular complexity index is 1070. The Kier molecular flexibility index (Phi) is 6.11. The molecular formula is C20H20Cl2N2O5S. The number of halogens is 2. The molecule has 0 aromatic heterocycles. The Morgan fingerprint density at radius 1 is 0.967 bits per heavy atom. The molecule has 2 aromatic carbocycles. The highest BCUT2D eigenvalue weighted by Crippen LogP contribution is 2.33. The van der Waals surface area contributed by atoms with E-state index in [-0.39, 0.29) is 35.7 Å². The van der Waals surface area contributed by atoms with Crippen molar-refractivity contribution in [3.05, 3.63) is 52.0 Å². The van der Waals surface area contributed by atoms with Gasteiger partial charge in [-0.1, -0.05) is 29.3 Å². The van der Waals surface area contributed by atoms with Crippen LogP contribution in [0.2, 0.25) is 10.0 Å². The maximum Gasteiger partial charge on any atom is 0.244 e. The van der Waals surface area contributed by atoms with Crippen molar-refractivity contribution in [2.75, 3.05) is 33.0 Å². The van der Waals surface area contributed by atoms with Crippen LogP contribution in [0.25, 0.3) is 0 Å². The molecule has 0 bridgehead atoms. The molecule has 0 saturated carbocycles. The van der Waals surface area contributed by atoms with E-state index in [0.717, 1.165) is 5.56 Å². The highest BCUT2D eigenvalue weighted by molar-refractivity contribution is 7.89. The molecule has 2 heterocycles. The highest BCUT2D eigenvalue weighted by atomic mass is 35.5. The zero-order chi connectivity index (χ0) is 21.3. The Labute approximate surface area is 185 Å². The van der Waals surface area contributed by atoms with Crippen molar-refractivity contribution in [2.45, 2.75) is 17.7 Å². The van der Waals surface area contributed by atoms with Crippen LogP contribution >= 0.6 is 23.2 Å². The Balaban J connectivity index is 1.33. The second kappa shape index (κ2) is 8.63. The van der Waals surface area contributed by atoms with Gasteiger partial charge in [-0.3, -0.25) is 4.79 Å². The molecule has 7 nitrogen and oxygen atoms in total. The van der Waals surface area contributed by atoms with E-state index in [0.29, 0.717) is 42.5 Å². The smallest absolute Gasteiger partial charge is 0.244 e. The fourth-order valence-corrected chi connectivity index (χ4v) is 5.66. The van der Waals surface area contributed by atoms with Gasteiger partial charge in [0.1, 0.15) is 4.90 Å². The third-order valence-corrected chi connectivity index (χ3v) is 7.78. The van der Waals surface area contributed by atoms with Crippen LogP contribution in [0.4, 0.5) is 0 Å². The summed E-state index contributed by atoms with van der Waals surface area (Å²) in [6.07, 6.45) is 0.915. The van der Waals surface area contributed by atoms with Crippen molar-refractivity contribution < 1.29 is 22.7 Å². The SMILES string of the molecule is O=C(CCc1ccc2c(c1)OCO2)N1CCN(S(=O)(=O)c2cc(Cl)ccc2Cl)CC1. The summed E-state index contributed by atoms with van der Waals surface area (Å²) in [6.45, 7) is 1.29. The average Bonchev–Trinajstić information content (AvgIpc) is 3.21. The molecule has 1 amide bonds. The maximum absolute atomic E-state index is 12.9. The number of amides is 1. The van der Waals surface area contributed by atoms with Crippen LogP contribution in [0, 0.1) is 0 Å². The van der Waals surface area contributed by atoms with Gasteiger partial charge in [-0.05, 0) is 42.3 Å². The summed E-state index contributed by atoms with van der Waals surface area (Å²) in [7, 11) is -3.77. The van der Waals surface area contributed by atoms with Gasteiger partial charge in [0.2, 0.25) is 22.7 Å². The van der Waals surface area contributed by atoms with Gasteiger partial charge in [0.05, 0.1) is 5.02 Å². The Hall–Kier alpha value is -2.00. The molecule has 0 atom stereocenters. The number of carbonyl (C=O) groups is 1. The summed E-state index contributed by atoms with van der Waals surface area (Å²) in [5.74, 6) is 1.39. The van der Waals surface area contributed by atoms with Gasteiger partial charge in [-0.15, -0.1) is 0 Å². The molecule has 10 heteroatoms. The summed E-state index contributed by atoms with van der Waals surface area (Å²) in [5.41, 5.74) is 0.990. The van der Waals surface area contributed by atoms with Gasteiger partial charge >= 0.3 is 0 Å². The van der Waals surface area contributed by atoms with Crippen molar-refractivity contribution in [2.24, 2.45) is 0 Å². The minimum atomic E-state index is -3.77. The van der Waals surface area contributed by atoms with Crippen LogP contribution in [0.3, 0.4) is 0 Å². The molecule has 2 aromatic rings. The molecule has 4 rings (SSSR count). The van der Waals surface area contributed by atoms with Crippen LogP contribution in [0.5, 0.6) is 11.5 Å². The number of fused-ring (bicyclic) bond motifs is 1. The van der Waals surface area contributed by atoms with E-state index in [2.05, 4.69) is 0 Å². The monoisotopic (exact) mass is 470 g/mol. The molecule has 0 radical (unpaired) electrons. The van der Waals surface area contributed by atoms with Crippen LogP contribution in [0.15, 0.2) is 41.3 Å². The lowest BCUT2D eigenvalue weighted by Crippen LogP contribution is -2.50. The zero-order valence-corrected chi connectivity index (χ0v) is 18.3. The van der Waals surface area contributed by atoms with Crippen molar-refractivity contribution >= 4 is 39.1 Å². The molecule has 0 spiro atoms. The number of aryl methyl sites for hydroxylation is 1. The first kappa shape index (κ1) is 21.2. The average molecular weight is 471 g/mol. The van der Waals surface area contributed by atoms with Crippen molar-refractivity contribution in [3.8, 4) is 11.5 Å². The van der Waals surface area contributed by atoms with Crippen LogP contribution < -0.4 is 9.47 Å². The van der Waals surface area contributed by atoms with E-state index in [1.54, 1.807) is 11.0 Å². The summed E-state index contributed by atoms with van der Waals surface area (Å²) in [6, 6.07) is 10.00. The molecule has 2 aliphatic heterocycles. The lowest BCUT2D eigenvalue weighted by molar-refractivity contribution is -0.132. The van der Waals surface area contributed by atoms with E-state index >= 15 is 0 Å². The van der Waals surface area contributed by atoms with Gasteiger partial charge in [-0.2, -0.15) is 4.31 Å². The molecule has 1 saturated heterocycles. The van der Waals surface area contributed by atoms with Gasteiger partial charge in [-0.25, -0.2) is 8.42 Å². The van der Waals surface area contributed by atoms with Crippen LogP contribution in [-0.4, -0.2) is 56.5 Å². The normalized spacial score (nSPS) is 16.7. The number of ether oxygens (including phenoxy) is 2. The van der Waals surface area contributed by atoms with E-state index in [1.807, 2.05) is 18.2 Å². The lowest BCUT2D eigenvalue weighted by Gasteiger charge is -2.34. The second-order valence-corrected chi connectivity index (χ2v) is 9.80. The number of hydrogen-bond acceptors (Lipinski definition) is 5. The molecule has 1 fully saturated rings. The molecule has 30 heavy (non-hydrogen) atoms. The van der Waals surface area contributed by atoms with Crippen LogP contribution in [0.1, 0.15) is 12.0 Å². The quantitative estimate of drug-likeness (QED) is 0.670. The van der Waals surface area contributed by atoms with Crippen molar-refractivity contribution in [3.63, 3.8) is 0 Å². The summed E-state index contributed by atoms with van der Waals surface area (Å²) in [4.78, 5) is 14.3. The molecule has 0 N–H and O–H groups in total. The maximum atomic E-state index is 12.9. The number of rotatable bonds is 5. The van der Waals surface area contributed by atoms with Gasteiger partial charge in [0.25, 0.3) is 0 Å². The van der Waals surface area contributed by atoms with Crippen molar-refractivity contribution in [1.82, 2.24) is 9.21 Å². The minimum absolute atomic E-state index is 0.00879. The second-order valence-electron chi connectivity index (χ2n) is 7.05. The van der Waals surface area contributed by atoms with E-state index in [4.69, 9.17) is 32.7 Å². The standard InChI is InChI=1S/C20H20Cl2N2O5S/c21-15-3-4-16(22)19(12-15)30(26,27)24-9-7-23(8-10-24)20(25)6-2-14-1-5-17-18(11-14)29-13-28-17/h1,3-5,11-12H,2,6-10,13H2. The summed E-state index contributed by atoms with van der Waals surface area (Å²) in [5, 5.41) is 0.428. The van der Waals surface area contributed by atoms with Crippen molar-refractivity contribution in [1.29, 1.82) is 0 Å². The number of carbonyl (C=O) groups excluding carboxylic acids is 1. The molecule has 160 valence electrons. The third-order valence-electron chi connectivity index (χ3n) is 5.17. The molecular weight excluding hydrogens is 451 g/mol. The first-order valence-corrected chi connectivity index (χ1v) is 11.7. The summed E-state index contributed by atoms with van der Waals surface area (Å²) >= 11 is 12.0. The van der Waals surface area contributed by atoms with E-state index < -0.39 is 10.0 Å². The largest absolute Gasteiger partial charge is 0.454 e. The van der Waals surface area contributed by atoms with Gasteiger partial charge in [0, 0.05) is 37.6 Å². The van der Waals surface area contributed by atoms with Gasteiger partial charge < -0.3 is 14.4 Å². The fraction of sp³-hybridized carbons (Fsp3) is 0.350. The number of benzene rings is 2. The predicted molar refractivity (Wildman–Crippen MR) is 113 cm³/mol. The Morgan fingerprint density at radius 3 is 2.47 bits per heavy atom. The third kappa shape index (κ3) is 4.37. The molecule has 0 unspecified atom stereocenters. The Morgan fingerprint density at radius 2 is 1.70 bits per heavy atom. The minimum Gasteiger partial charge on any atom is -0.454 e. The first-order valence-electron chi connectivity index (χ1n) is 9.46. The fourth-order valence-electron chi connectivity index (χ4n) is 3.50. The van der Waals surface area contributed by atoms with Crippen LogP contribution in [-0.2, 0) is 21.2 Å². The zero-order valence-electron chi connectivity index (χ0n) is 16.0. The molecule has 0 aliphatic carbocycles. The number of hydrogen-bond donors (Lipinski definition) is 0. The lowest BCUT2D eigenvalue weighted by atomic mass is 10.1. The first-order chi connectivity index (χ1) is 14.3. The number of sulfonamides is 1. The van der Waals surface area contributed by atoms with E-state index in [1.165, 1.54) is 16.4 Å². The topological polar surface area (TPSA) is 76.2 Å². The number of nitrogens with zero attached hydrogens (tertiary/aromatic N) is 2. The van der Waals surface area contributed by atoms with Gasteiger partial charge in [0.15, 0.2) is 11.5 Å². The highest BCUT2D eigenvalue weighted by Gasteiger charge is 2.31. The summed E-state index contributed by atoms with van der Waals surface area (Å²) < 4.78 is 37.8. The predicted octanol–water partition coefficient (Wildman–Crippen LogP) is 3.19. The molecule has 2 aliphatic rings. The van der Waals surface area contributed by atoms with E-state index in [9.17, 15) is 13.2 Å².